The van der Waals surface area contributed by atoms with E-state index in [-0.39, 0.29) is 12.2 Å². The molecule has 0 bridgehead atoms. The number of ether oxygens (including phenoxy) is 2. The molecule has 0 fully saturated rings. The molecule has 2 atom stereocenters. The molecular weight excluding hydrogens is 180 g/mol. The summed E-state index contributed by atoms with van der Waals surface area (Å²) in [7, 11) is 0. The van der Waals surface area contributed by atoms with Gasteiger partial charge in [-0.1, -0.05) is 27.2 Å². The van der Waals surface area contributed by atoms with Gasteiger partial charge in [0.1, 0.15) is 12.2 Å². The van der Waals surface area contributed by atoms with E-state index in [1.165, 1.54) is 0 Å². The number of rotatable bonds is 5. The average Bonchev–Trinajstić information content (AvgIpc) is 2.03. The second-order valence-corrected chi connectivity index (χ2v) is 4.03. The molecule has 0 saturated carbocycles. The molecule has 0 saturated heterocycles. The Balaban J connectivity index is 3.75. The molecule has 0 rings (SSSR count). The fourth-order valence-corrected chi connectivity index (χ4v) is 0.945. The maximum Gasteiger partial charge on any atom is 0.508 e. The summed E-state index contributed by atoms with van der Waals surface area (Å²) in [6.07, 6.45) is 1.20. The van der Waals surface area contributed by atoms with Crippen molar-refractivity contribution < 1.29 is 14.3 Å². The van der Waals surface area contributed by atoms with Crippen LogP contribution >= 0.6 is 0 Å². The van der Waals surface area contributed by atoms with Gasteiger partial charge < -0.3 is 9.47 Å². The lowest BCUT2D eigenvalue weighted by Gasteiger charge is -2.18. The van der Waals surface area contributed by atoms with Crippen LogP contribution in [0, 0.1) is 5.92 Å². The van der Waals surface area contributed by atoms with Crippen molar-refractivity contribution in [2.24, 2.45) is 5.92 Å². The van der Waals surface area contributed by atoms with Gasteiger partial charge in [-0.25, -0.2) is 4.79 Å². The lowest BCUT2D eigenvalue weighted by Crippen LogP contribution is -2.23. The molecule has 0 aromatic rings. The highest BCUT2D eigenvalue weighted by Crippen LogP contribution is 2.08. The molecule has 3 heteroatoms. The zero-order valence-electron chi connectivity index (χ0n) is 9.87. The molecule has 3 nitrogen and oxygen atoms in total. The Morgan fingerprint density at radius 2 is 1.71 bits per heavy atom. The molecule has 84 valence electrons. The van der Waals surface area contributed by atoms with E-state index < -0.39 is 6.16 Å². The number of carbonyl (C=O) groups is 1. The molecule has 0 radical (unpaired) electrons. The highest BCUT2D eigenvalue weighted by molar-refractivity contribution is 5.60. The van der Waals surface area contributed by atoms with E-state index in [2.05, 4.69) is 6.92 Å². The molecule has 0 N–H and O–H groups in total. The van der Waals surface area contributed by atoms with Crippen molar-refractivity contribution in [3.8, 4) is 0 Å². The summed E-state index contributed by atoms with van der Waals surface area (Å²) in [4.78, 5) is 11.2. The first kappa shape index (κ1) is 13.3. The highest BCUT2D eigenvalue weighted by atomic mass is 16.7. The maximum absolute atomic E-state index is 11.2. The van der Waals surface area contributed by atoms with Crippen LogP contribution in [0.5, 0.6) is 0 Å². The van der Waals surface area contributed by atoms with Crippen molar-refractivity contribution in [3.63, 3.8) is 0 Å². The van der Waals surface area contributed by atoms with E-state index >= 15 is 0 Å². The zero-order valence-corrected chi connectivity index (χ0v) is 9.87. The van der Waals surface area contributed by atoms with Crippen molar-refractivity contribution >= 4 is 6.16 Å². The minimum Gasteiger partial charge on any atom is -0.431 e. The topological polar surface area (TPSA) is 35.5 Å². The van der Waals surface area contributed by atoms with Crippen LogP contribution in [0.15, 0.2) is 0 Å². The van der Waals surface area contributed by atoms with Crippen LogP contribution in [-0.2, 0) is 9.47 Å². The number of carbonyl (C=O) groups excluding carboxylic acids is 1. The minimum absolute atomic E-state index is 0.0492. The van der Waals surface area contributed by atoms with Gasteiger partial charge in [0.25, 0.3) is 0 Å². The lowest BCUT2D eigenvalue weighted by atomic mass is 10.1. The monoisotopic (exact) mass is 202 g/mol. The lowest BCUT2D eigenvalue weighted by molar-refractivity contribution is -0.00592. The molecule has 1 unspecified atom stereocenters. The van der Waals surface area contributed by atoms with Crippen molar-refractivity contribution in [1.82, 2.24) is 0 Å². The third-order valence-corrected chi connectivity index (χ3v) is 2.21. The van der Waals surface area contributed by atoms with Crippen LogP contribution in [0.1, 0.15) is 47.5 Å². The Bertz CT molecular complexity index is 166. The van der Waals surface area contributed by atoms with Gasteiger partial charge in [0.05, 0.1) is 0 Å². The Morgan fingerprint density at radius 3 is 2.14 bits per heavy atom. The molecule has 0 aromatic carbocycles. The summed E-state index contributed by atoms with van der Waals surface area (Å²) in [6.45, 7) is 9.82. The second-order valence-electron chi connectivity index (χ2n) is 4.03. The summed E-state index contributed by atoms with van der Waals surface area (Å²) < 4.78 is 10.1. The summed E-state index contributed by atoms with van der Waals surface area (Å²) >= 11 is 0. The fraction of sp³-hybridized carbons (Fsp3) is 0.909. The van der Waals surface area contributed by atoms with E-state index in [0.29, 0.717) is 5.92 Å². The quantitative estimate of drug-likeness (QED) is 0.641. The summed E-state index contributed by atoms with van der Waals surface area (Å²) in [5.74, 6) is 0.323. The molecular formula is C11H22O3. The van der Waals surface area contributed by atoms with Crippen molar-refractivity contribution in [2.75, 3.05) is 0 Å². The largest absolute Gasteiger partial charge is 0.508 e. The van der Waals surface area contributed by atoms with Gasteiger partial charge in [-0.3, -0.25) is 0 Å². The summed E-state index contributed by atoms with van der Waals surface area (Å²) in [6, 6.07) is 0. The first-order valence-electron chi connectivity index (χ1n) is 5.34. The van der Waals surface area contributed by atoms with Crippen LogP contribution in [0.4, 0.5) is 4.79 Å². The molecule has 0 aliphatic rings. The van der Waals surface area contributed by atoms with Crippen LogP contribution in [0.3, 0.4) is 0 Å². The minimum atomic E-state index is -0.549. The average molecular weight is 202 g/mol. The first-order chi connectivity index (χ1) is 6.47. The van der Waals surface area contributed by atoms with Crippen molar-refractivity contribution in [3.05, 3.63) is 0 Å². The maximum atomic E-state index is 11.2. The van der Waals surface area contributed by atoms with Crippen LogP contribution < -0.4 is 0 Å². The normalized spacial score (nSPS) is 15.0. The smallest absolute Gasteiger partial charge is 0.431 e. The Morgan fingerprint density at radius 1 is 1.14 bits per heavy atom. The first-order valence-corrected chi connectivity index (χ1v) is 5.34. The van der Waals surface area contributed by atoms with Gasteiger partial charge in [-0.2, -0.15) is 0 Å². The molecule has 0 heterocycles. The summed E-state index contributed by atoms with van der Waals surface area (Å²) in [5.41, 5.74) is 0. The van der Waals surface area contributed by atoms with Crippen molar-refractivity contribution in [1.29, 1.82) is 0 Å². The van der Waals surface area contributed by atoms with Crippen LogP contribution in [-0.4, -0.2) is 18.4 Å². The number of hydrogen-bond donors (Lipinski definition) is 0. The SMILES string of the molecule is CCCC(C)OC(=O)O[C@@H](C)C(C)C. The van der Waals surface area contributed by atoms with Gasteiger partial charge in [-0.05, 0) is 26.2 Å². The zero-order chi connectivity index (χ0) is 11.1. The molecule has 0 amide bonds. The highest BCUT2D eigenvalue weighted by Gasteiger charge is 2.15. The fourth-order valence-electron chi connectivity index (χ4n) is 0.945. The third kappa shape index (κ3) is 5.84. The molecule has 0 aliphatic heterocycles. The van der Waals surface area contributed by atoms with E-state index in [4.69, 9.17) is 9.47 Å². The molecule has 0 aromatic heterocycles. The number of hydrogen-bond acceptors (Lipinski definition) is 3. The molecule has 0 aliphatic carbocycles. The van der Waals surface area contributed by atoms with Gasteiger partial charge in [0.2, 0.25) is 0 Å². The predicted molar refractivity (Wildman–Crippen MR) is 56.2 cm³/mol. The standard InChI is InChI=1S/C11H22O3/c1-6-7-9(4)13-11(12)14-10(5)8(2)3/h8-10H,6-7H2,1-5H3/t9?,10-/m0/s1. The third-order valence-electron chi connectivity index (χ3n) is 2.21. The summed E-state index contributed by atoms with van der Waals surface area (Å²) in [5, 5.41) is 0. The van der Waals surface area contributed by atoms with E-state index in [1.54, 1.807) is 0 Å². The van der Waals surface area contributed by atoms with Crippen LogP contribution in [0.2, 0.25) is 0 Å². The Hall–Kier alpha value is -0.730. The van der Waals surface area contributed by atoms with Gasteiger partial charge in [0, 0.05) is 0 Å². The van der Waals surface area contributed by atoms with Crippen LogP contribution in [0.25, 0.3) is 0 Å². The van der Waals surface area contributed by atoms with E-state index in [9.17, 15) is 4.79 Å². The molecule has 0 spiro atoms. The Labute approximate surface area is 86.8 Å². The van der Waals surface area contributed by atoms with Gasteiger partial charge in [-0.15, -0.1) is 0 Å². The molecule has 14 heavy (non-hydrogen) atoms. The predicted octanol–water partition coefficient (Wildman–Crippen LogP) is 3.37. The van der Waals surface area contributed by atoms with Crippen molar-refractivity contribution in [2.45, 2.75) is 59.7 Å². The second kappa shape index (κ2) is 6.68. The van der Waals surface area contributed by atoms with E-state index in [1.807, 2.05) is 27.7 Å². The van der Waals surface area contributed by atoms with Gasteiger partial charge >= 0.3 is 6.16 Å². The van der Waals surface area contributed by atoms with Gasteiger partial charge in [0.15, 0.2) is 0 Å². The Kier molecular flexibility index (Phi) is 6.34. The van der Waals surface area contributed by atoms with E-state index in [0.717, 1.165) is 12.8 Å².